The third-order valence-corrected chi connectivity index (χ3v) is 2.62. The molecule has 0 saturated carbocycles. The predicted molar refractivity (Wildman–Crippen MR) is 56.2 cm³/mol. The fourth-order valence-electron chi connectivity index (χ4n) is 1.50. The van der Waals surface area contributed by atoms with Gasteiger partial charge in [0.05, 0.1) is 0 Å². The van der Waals surface area contributed by atoms with Crippen LogP contribution in [0.3, 0.4) is 0 Å². The highest BCUT2D eigenvalue weighted by atomic mass is 16.5. The van der Waals surface area contributed by atoms with E-state index in [2.05, 4.69) is 0 Å². The monoisotopic (exact) mass is 192 g/mol. The second kappa shape index (κ2) is 4.38. The molecular formula is C12H16O2. The van der Waals surface area contributed by atoms with Gasteiger partial charge < -0.3 is 4.74 Å². The Morgan fingerprint density at radius 2 is 1.93 bits per heavy atom. The van der Waals surface area contributed by atoms with Crippen molar-refractivity contribution < 1.29 is 9.53 Å². The maximum Gasteiger partial charge on any atom is 0.156 e. The number of hydrogen-bond acceptors (Lipinski definition) is 2. The van der Waals surface area contributed by atoms with Crippen LogP contribution in [0.15, 0.2) is 24.3 Å². The normalized spacial score (nSPS) is 14.8. The topological polar surface area (TPSA) is 26.3 Å². The van der Waals surface area contributed by atoms with Crippen molar-refractivity contribution in [3.8, 4) is 0 Å². The smallest absolute Gasteiger partial charge is 0.156 e. The zero-order chi connectivity index (χ0) is 10.6. The first-order valence-electron chi connectivity index (χ1n) is 4.77. The molecule has 1 rings (SSSR count). The average molecular weight is 192 g/mol. The van der Waals surface area contributed by atoms with Crippen LogP contribution in [0.5, 0.6) is 0 Å². The molecule has 0 heterocycles. The molecule has 0 amide bonds. The number of rotatable bonds is 4. The summed E-state index contributed by atoms with van der Waals surface area (Å²) < 4.78 is 5.29. The molecule has 0 saturated heterocycles. The summed E-state index contributed by atoms with van der Waals surface area (Å²) in [6.45, 7) is 3.96. The molecule has 0 aliphatic heterocycles. The minimum atomic E-state index is -0.770. The van der Waals surface area contributed by atoms with Gasteiger partial charge >= 0.3 is 0 Å². The standard InChI is InChI=1S/C12H16O2/c1-4-12(9-13,14-3)11-7-5-10(2)6-8-11/h5-9H,4H2,1-3H3. The molecule has 1 aromatic carbocycles. The first-order chi connectivity index (χ1) is 6.68. The Kier molecular flexibility index (Phi) is 3.42. The van der Waals surface area contributed by atoms with Crippen LogP contribution in [0.2, 0.25) is 0 Å². The van der Waals surface area contributed by atoms with Gasteiger partial charge in [-0.3, -0.25) is 4.79 Å². The summed E-state index contributed by atoms with van der Waals surface area (Å²) in [5, 5.41) is 0. The number of ether oxygens (including phenoxy) is 1. The number of benzene rings is 1. The molecule has 1 unspecified atom stereocenters. The van der Waals surface area contributed by atoms with Crippen LogP contribution in [0.1, 0.15) is 24.5 Å². The largest absolute Gasteiger partial charge is 0.366 e. The first-order valence-corrected chi connectivity index (χ1v) is 4.77. The van der Waals surface area contributed by atoms with Gasteiger partial charge in [0.1, 0.15) is 5.60 Å². The number of methoxy groups -OCH3 is 1. The molecule has 1 atom stereocenters. The highest BCUT2D eigenvalue weighted by Crippen LogP contribution is 2.26. The molecule has 2 nitrogen and oxygen atoms in total. The first kappa shape index (κ1) is 10.9. The van der Waals surface area contributed by atoms with Crippen LogP contribution in [0.4, 0.5) is 0 Å². The van der Waals surface area contributed by atoms with Crippen molar-refractivity contribution in [1.29, 1.82) is 0 Å². The lowest BCUT2D eigenvalue weighted by Gasteiger charge is -2.25. The summed E-state index contributed by atoms with van der Waals surface area (Å²) >= 11 is 0. The van der Waals surface area contributed by atoms with Crippen molar-refractivity contribution in [2.45, 2.75) is 25.9 Å². The van der Waals surface area contributed by atoms with Crippen LogP contribution >= 0.6 is 0 Å². The molecule has 14 heavy (non-hydrogen) atoms. The van der Waals surface area contributed by atoms with E-state index in [1.54, 1.807) is 7.11 Å². The SMILES string of the molecule is CCC(C=O)(OC)c1ccc(C)cc1. The molecule has 0 bridgehead atoms. The minimum Gasteiger partial charge on any atom is -0.366 e. The zero-order valence-corrected chi connectivity index (χ0v) is 8.91. The fraction of sp³-hybridized carbons (Fsp3) is 0.417. The Hall–Kier alpha value is -1.15. The van der Waals surface area contributed by atoms with E-state index in [-0.39, 0.29) is 0 Å². The predicted octanol–water partition coefficient (Wildman–Crippen LogP) is 2.45. The van der Waals surface area contributed by atoms with E-state index in [1.165, 1.54) is 5.56 Å². The van der Waals surface area contributed by atoms with E-state index in [9.17, 15) is 4.79 Å². The summed E-state index contributed by atoms with van der Waals surface area (Å²) in [7, 11) is 1.57. The summed E-state index contributed by atoms with van der Waals surface area (Å²) in [6, 6.07) is 7.86. The molecule has 0 fully saturated rings. The lowest BCUT2D eigenvalue weighted by atomic mass is 9.92. The lowest BCUT2D eigenvalue weighted by Crippen LogP contribution is -2.29. The molecule has 2 heteroatoms. The van der Waals surface area contributed by atoms with E-state index >= 15 is 0 Å². The van der Waals surface area contributed by atoms with Gasteiger partial charge in [-0.2, -0.15) is 0 Å². The lowest BCUT2D eigenvalue weighted by molar-refractivity contribution is -0.129. The number of hydrogen-bond donors (Lipinski definition) is 0. The number of carbonyl (C=O) groups excluding carboxylic acids is 1. The Balaban J connectivity index is 3.11. The van der Waals surface area contributed by atoms with Gasteiger partial charge in [-0.05, 0) is 18.9 Å². The highest BCUT2D eigenvalue weighted by Gasteiger charge is 2.29. The van der Waals surface area contributed by atoms with Gasteiger partial charge in [0.25, 0.3) is 0 Å². The van der Waals surface area contributed by atoms with E-state index < -0.39 is 5.60 Å². The Bertz CT molecular complexity index is 297. The highest BCUT2D eigenvalue weighted by molar-refractivity contribution is 5.66. The van der Waals surface area contributed by atoms with Gasteiger partial charge in [0.2, 0.25) is 0 Å². The van der Waals surface area contributed by atoms with Gasteiger partial charge in [-0.1, -0.05) is 36.8 Å². The van der Waals surface area contributed by atoms with Crippen molar-refractivity contribution in [3.63, 3.8) is 0 Å². The summed E-state index contributed by atoms with van der Waals surface area (Å²) in [5.41, 5.74) is 1.33. The Morgan fingerprint density at radius 3 is 2.29 bits per heavy atom. The maximum atomic E-state index is 11.0. The summed E-state index contributed by atoms with van der Waals surface area (Å²) in [4.78, 5) is 11.0. The molecule has 1 aromatic rings. The van der Waals surface area contributed by atoms with Crippen molar-refractivity contribution in [1.82, 2.24) is 0 Å². The van der Waals surface area contributed by atoms with Crippen LogP contribution in [-0.2, 0) is 15.1 Å². The molecule has 0 N–H and O–H groups in total. The molecule has 0 aromatic heterocycles. The molecular weight excluding hydrogens is 176 g/mol. The second-order valence-corrected chi connectivity index (χ2v) is 3.43. The third kappa shape index (κ3) is 1.85. The molecule has 76 valence electrons. The Labute approximate surface area is 84.9 Å². The van der Waals surface area contributed by atoms with Crippen molar-refractivity contribution in [2.24, 2.45) is 0 Å². The number of aryl methyl sites for hydroxylation is 1. The third-order valence-electron chi connectivity index (χ3n) is 2.62. The minimum absolute atomic E-state index is 0.649. The van der Waals surface area contributed by atoms with E-state index in [1.807, 2.05) is 38.1 Å². The van der Waals surface area contributed by atoms with Gasteiger partial charge in [-0.15, -0.1) is 0 Å². The van der Waals surface area contributed by atoms with Crippen LogP contribution in [0.25, 0.3) is 0 Å². The van der Waals surface area contributed by atoms with Crippen molar-refractivity contribution in [2.75, 3.05) is 7.11 Å². The molecule has 0 spiro atoms. The van der Waals surface area contributed by atoms with E-state index in [0.717, 1.165) is 11.8 Å². The fourth-order valence-corrected chi connectivity index (χ4v) is 1.50. The summed E-state index contributed by atoms with van der Waals surface area (Å²) in [5.74, 6) is 0. The van der Waals surface area contributed by atoms with E-state index in [0.29, 0.717) is 6.42 Å². The quantitative estimate of drug-likeness (QED) is 0.685. The molecule has 0 aliphatic rings. The van der Waals surface area contributed by atoms with Crippen LogP contribution in [-0.4, -0.2) is 13.4 Å². The van der Waals surface area contributed by atoms with Gasteiger partial charge in [-0.25, -0.2) is 0 Å². The number of aldehydes is 1. The zero-order valence-electron chi connectivity index (χ0n) is 8.91. The van der Waals surface area contributed by atoms with Gasteiger partial charge in [0.15, 0.2) is 6.29 Å². The van der Waals surface area contributed by atoms with E-state index in [4.69, 9.17) is 4.74 Å². The van der Waals surface area contributed by atoms with Crippen LogP contribution < -0.4 is 0 Å². The van der Waals surface area contributed by atoms with Crippen molar-refractivity contribution >= 4 is 6.29 Å². The average Bonchev–Trinajstić information content (AvgIpc) is 2.24. The number of carbonyl (C=O) groups is 1. The van der Waals surface area contributed by atoms with Crippen LogP contribution in [0, 0.1) is 6.92 Å². The summed E-state index contributed by atoms with van der Waals surface area (Å²) in [6.07, 6.45) is 1.52. The molecule has 0 radical (unpaired) electrons. The maximum absolute atomic E-state index is 11.0. The van der Waals surface area contributed by atoms with Gasteiger partial charge in [0, 0.05) is 7.11 Å². The van der Waals surface area contributed by atoms with Crippen molar-refractivity contribution in [3.05, 3.63) is 35.4 Å². The Morgan fingerprint density at radius 1 is 1.36 bits per heavy atom. The molecule has 0 aliphatic carbocycles. The second-order valence-electron chi connectivity index (χ2n) is 3.43.